The molecule has 2 heterocycles. The SMILES string of the molecule is CC(C)c1ccc(S(=O)(=O)N2CCN(C3=NCCS3)CC2C(=O)O)cc1. The first-order valence-electron chi connectivity index (χ1n) is 8.57. The summed E-state index contributed by atoms with van der Waals surface area (Å²) in [6.45, 7) is 5.48. The van der Waals surface area contributed by atoms with Gasteiger partial charge in [-0.1, -0.05) is 37.7 Å². The third kappa shape index (κ3) is 3.74. The maximum atomic E-state index is 13.0. The lowest BCUT2D eigenvalue weighted by Crippen LogP contribution is -2.58. The van der Waals surface area contributed by atoms with Crippen LogP contribution in [0.25, 0.3) is 0 Å². The zero-order chi connectivity index (χ0) is 18.9. The molecule has 0 saturated carbocycles. The number of nitrogens with zero attached hydrogens (tertiary/aromatic N) is 3. The predicted octanol–water partition coefficient (Wildman–Crippen LogP) is 1.67. The van der Waals surface area contributed by atoms with Gasteiger partial charge in [0.25, 0.3) is 0 Å². The maximum Gasteiger partial charge on any atom is 0.323 e. The van der Waals surface area contributed by atoms with E-state index in [0.717, 1.165) is 27.3 Å². The highest BCUT2D eigenvalue weighted by molar-refractivity contribution is 8.14. The molecule has 3 rings (SSSR count). The van der Waals surface area contributed by atoms with Crippen molar-refractivity contribution in [2.24, 2.45) is 4.99 Å². The molecule has 0 aliphatic carbocycles. The Bertz CT molecular complexity index is 806. The average Bonchev–Trinajstić information content (AvgIpc) is 3.16. The van der Waals surface area contributed by atoms with Crippen LogP contribution in [-0.2, 0) is 14.8 Å². The molecule has 1 unspecified atom stereocenters. The normalized spacial score (nSPS) is 21.9. The Morgan fingerprint density at radius 1 is 1.27 bits per heavy atom. The van der Waals surface area contributed by atoms with Gasteiger partial charge >= 0.3 is 5.97 Å². The van der Waals surface area contributed by atoms with Gasteiger partial charge in [-0.25, -0.2) is 8.42 Å². The zero-order valence-corrected chi connectivity index (χ0v) is 16.5. The highest BCUT2D eigenvalue weighted by atomic mass is 32.2. The molecule has 26 heavy (non-hydrogen) atoms. The third-order valence-electron chi connectivity index (χ3n) is 4.61. The average molecular weight is 398 g/mol. The minimum absolute atomic E-state index is 0.116. The Hall–Kier alpha value is -1.58. The summed E-state index contributed by atoms with van der Waals surface area (Å²) >= 11 is 1.59. The second kappa shape index (κ2) is 7.58. The van der Waals surface area contributed by atoms with Crippen LogP contribution in [0, 0.1) is 0 Å². The van der Waals surface area contributed by atoms with Crippen molar-refractivity contribution in [3.8, 4) is 0 Å². The molecule has 2 aliphatic rings. The molecule has 1 N–H and O–H groups in total. The highest BCUT2D eigenvalue weighted by Crippen LogP contribution is 2.26. The molecule has 1 aromatic rings. The van der Waals surface area contributed by atoms with Crippen LogP contribution >= 0.6 is 11.8 Å². The fraction of sp³-hybridized carbons (Fsp3) is 0.529. The number of carboxylic acids is 1. The first kappa shape index (κ1) is 19.2. The van der Waals surface area contributed by atoms with Crippen LogP contribution in [0.5, 0.6) is 0 Å². The lowest BCUT2D eigenvalue weighted by atomic mass is 10.0. The van der Waals surface area contributed by atoms with E-state index in [-0.39, 0.29) is 18.0 Å². The highest BCUT2D eigenvalue weighted by Gasteiger charge is 2.41. The number of hydrogen-bond donors (Lipinski definition) is 1. The summed E-state index contributed by atoms with van der Waals surface area (Å²) in [7, 11) is -3.87. The van der Waals surface area contributed by atoms with Crippen molar-refractivity contribution in [2.75, 3.05) is 31.9 Å². The predicted molar refractivity (Wildman–Crippen MR) is 102 cm³/mol. The van der Waals surface area contributed by atoms with E-state index in [0.29, 0.717) is 12.5 Å². The minimum Gasteiger partial charge on any atom is -0.480 e. The number of thioether (sulfide) groups is 1. The third-order valence-corrected chi connectivity index (χ3v) is 7.56. The summed E-state index contributed by atoms with van der Waals surface area (Å²) in [6.07, 6.45) is 0. The van der Waals surface area contributed by atoms with Crippen molar-refractivity contribution in [1.82, 2.24) is 9.21 Å². The first-order valence-corrected chi connectivity index (χ1v) is 11.0. The van der Waals surface area contributed by atoms with Gasteiger partial charge in [-0.05, 0) is 23.6 Å². The number of benzene rings is 1. The molecule has 0 aromatic heterocycles. The Morgan fingerprint density at radius 3 is 2.50 bits per heavy atom. The fourth-order valence-corrected chi connectivity index (χ4v) is 5.56. The molecule has 1 saturated heterocycles. The Kier molecular flexibility index (Phi) is 5.59. The Morgan fingerprint density at radius 2 is 1.96 bits per heavy atom. The summed E-state index contributed by atoms with van der Waals surface area (Å²) in [5, 5.41) is 10.4. The van der Waals surface area contributed by atoms with Crippen molar-refractivity contribution < 1.29 is 18.3 Å². The van der Waals surface area contributed by atoms with Crippen molar-refractivity contribution in [1.29, 1.82) is 0 Å². The maximum absolute atomic E-state index is 13.0. The summed E-state index contributed by atoms with van der Waals surface area (Å²) in [5.41, 5.74) is 1.04. The van der Waals surface area contributed by atoms with E-state index < -0.39 is 22.0 Å². The zero-order valence-electron chi connectivity index (χ0n) is 14.8. The van der Waals surface area contributed by atoms with Crippen molar-refractivity contribution in [3.63, 3.8) is 0 Å². The van der Waals surface area contributed by atoms with E-state index in [1.54, 1.807) is 36.0 Å². The standard InChI is InChI=1S/C17H23N3O4S2/c1-12(2)13-3-5-14(6-4-13)26(23,24)20-9-8-19(11-15(20)16(21)22)17-18-7-10-25-17/h3-6,12,15H,7-11H2,1-2H3,(H,21,22). The fourth-order valence-electron chi connectivity index (χ4n) is 3.10. The van der Waals surface area contributed by atoms with E-state index in [2.05, 4.69) is 4.99 Å². The summed E-state index contributed by atoms with van der Waals surface area (Å²) < 4.78 is 27.1. The minimum atomic E-state index is -3.87. The molecule has 0 amide bonds. The number of hydrogen-bond acceptors (Lipinski definition) is 6. The summed E-state index contributed by atoms with van der Waals surface area (Å²) in [5.74, 6) is 0.0424. The van der Waals surface area contributed by atoms with E-state index in [4.69, 9.17) is 0 Å². The van der Waals surface area contributed by atoms with Gasteiger partial charge in [-0.15, -0.1) is 0 Å². The Balaban J connectivity index is 1.85. The van der Waals surface area contributed by atoms with Crippen LogP contribution in [0.15, 0.2) is 34.2 Å². The van der Waals surface area contributed by atoms with Gasteiger partial charge in [-0.3, -0.25) is 9.79 Å². The molecular formula is C17H23N3O4S2. The van der Waals surface area contributed by atoms with E-state index in [9.17, 15) is 18.3 Å². The largest absolute Gasteiger partial charge is 0.480 e. The van der Waals surface area contributed by atoms with E-state index in [1.807, 2.05) is 18.7 Å². The molecule has 1 fully saturated rings. The molecule has 2 aliphatic heterocycles. The van der Waals surface area contributed by atoms with E-state index in [1.165, 1.54) is 0 Å². The van der Waals surface area contributed by atoms with Gasteiger partial charge in [0.1, 0.15) is 6.04 Å². The van der Waals surface area contributed by atoms with Crippen molar-refractivity contribution in [3.05, 3.63) is 29.8 Å². The molecule has 0 bridgehead atoms. The quantitative estimate of drug-likeness (QED) is 0.831. The van der Waals surface area contributed by atoms with Crippen LogP contribution in [0.3, 0.4) is 0 Å². The molecular weight excluding hydrogens is 374 g/mol. The smallest absolute Gasteiger partial charge is 0.323 e. The number of rotatable bonds is 4. The van der Waals surface area contributed by atoms with Gasteiger partial charge in [-0.2, -0.15) is 4.31 Å². The number of aliphatic carboxylic acids is 1. The number of amidine groups is 1. The molecule has 7 nitrogen and oxygen atoms in total. The van der Waals surface area contributed by atoms with Gasteiger partial charge < -0.3 is 10.0 Å². The van der Waals surface area contributed by atoms with Gasteiger partial charge in [0.15, 0.2) is 5.17 Å². The van der Waals surface area contributed by atoms with Crippen molar-refractivity contribution in [2.45, 2.75) is 30.7 Å². The van der Waals surface area contributed by atoms with E-state index >= 15 is 0 Å². The van der Waals surface area contributed by atoms with Crippen molar-refractivity contribution >= 4 is 32.9 Å². The second-order valence-corrected chi connectivity index (χ2v) is 9.60. The first-order chi connectivity index (χ1) is 12.3. The topological polar surface area (TPSA) is 90.3 Å². The lowest BCUT2D eigenvalue weighted by molar-refractivity contribution is -0.142. The molecule has 9 heteroatoms. The van der Waals surface area contributed by atoms with Gasteiger partial charge in [0.2, 0.25) is 10.0 Å². The van der Waals surface area contributed by atoms with Crippen LogP contribution in [0.2, 0.25) is 0 Å². The molecule has 1 atom stereocenters. The second-order valence-electron chi connectivity index (χ2n) is 6.65. The molecule has 142 valence electrons. The van der Waals surface area contributed by atoms with Gasteiger partial charge in [0, 0.05) is 25.4 Å². The number of aliphatic imine (C=N–C) groups is 1. The molecule has 0 spiro atoms. The summed E-state index contributed by atoms with van der Waals surface area (Å²) in [4.78, 5) is 18.1. The van der Waals surface area contributed by atoms with Gasteiger partial charge in [0.05, 0.1) is 11.4 Å². The number of sulfonamides is 1. The number of piperazine rings is 1. The van der Waals surface area contributed by atoms with Crippen LogP contribution in [-0.4, -0.2) is 71.8 Å². The Labute approximate surface area is 158 Å². The number of carboxylic acid groups (broad SMARTS) is 1. The summed E-state index contributed by atoms with van der Waals surface area (Å²) in [6, 6.07) is 5.57. The molecule has 0 radical (unpaired) electrons. The monoisotopic (exact) mass is 397 g/mol. The molecule has 1 aromatic carbocycles. The number of carbonyl (C=O) groups is 1. The lowest BCUT2D eigenvalue weighted by Gasteiger charge is -2.39. The van der Waals surface area contributed by atoms with Crippen LogP contribution in [0.1, 0.15) is 25.3 Å². The van der Waals surface area contributed by atoms with Crippen LogP contribution < -0.4 is 0 Å². The van der Waals surface area contributed by atoms with Crippen LogP contribution in [0.4, 0.5) is 0 Å².